The zero-order chi connectivity index (χ0) is 21.1. The molecule has 1 saturated heterocycles. The molecule has 1 atom stereocenters. The Balaban J connectivity index is 1.52. The summed E-state index contributed by atoms with van der Waals surface area (Å²) in [5.41, 5.74) is 2.15. The van der Waals surface area contributed by atoms with E-state index in [1.54, 1.807) is 18.0 Å². The molecule has 1 amide bonds. The standard InChI is InChI=1S/C23H26N4O3/c1-16-12-17(2)27(23(29)25-16)15-21(28)26-11-7-6-10-20(26)22-24-14-19(30-22)13-18-8-4-3-5-9-18/h3-5,8-9,12,14,20H,6-7,10-11,13,15H2,1-2H3/t20-/m1/s1. The smallest absolute Gasteiger partial charge is 0.348 e. The van der Waals surface area contributed by atoms with Crippen LogP contribution in [0.4, 0.5) is 0 Å². The van der Waals surface area contributed by atoms with Crippen LogP contribution in [0.25, 0.3) is 0 Å². The van der Waals surface area contributed by atoms with Crippen molar-refractivity contribution in [3.05, 3.63) is 81.7 Å². The lowest BCUT2D eigenvalue weighted by Crippen LogP contribution is -2.42. The van der Waals surface area contributed by atoms with Crippen molar-refractivity contribution in [1.29, 1.82) is 0 Å². The number of carbonyl (C=O) groups excluding carboxylic acids is 1. The SMILES string of the molecule is Cc1cc(C)n(CC(=O)N2CCCC[C@@H]2c2ncc(Cc3ccccc3)o2)c(=O)n1. The van der Waals surface area contributed by atoms with Gasteiger partial charge in [0.25, 0.3) is 0 Å². The summed E-state index contributed by atoms with van der Waals surface area (Å²) in [5.74, 6) is 1.24. The highest BCUT2D eigenvalue weighted by Gasteiger charge is 2.31. The molecule has 1 aromatic carbocycles. The molecule has 1 aliphatic rings. The van der Waals surface area contributed by atoms with Crippen LogP contribution in [0.3, 0.4) is 0 Å². The number of oxazole rings is 1. The summed E-state index contributed by atoms with van der Waals surface area (Å²) in [4.78, 5) is 35.6. The molecule has 7 heteroatoms. The number of aryl methyl sites for hydroxylation is 2. The van der Waals surface area contributed by atoms with E-state index in [1.165, 1.54) is 4.57 Å². The maximum Gasteiger partial charge on any atom is 0.348 e. The van der Waals surface area contributed by atoms with Crippen molar-refractivity contribution in [2.24, 2.45) is 0 Å². The minimum Gasteiger partial charge on any atom is -0.443 e. The monoisotopic (exact) mass is 406 g/mol. The molecule has 0 bridgehead atoms. The topological polar surface area (TPSA) is 81.2 Å². The molecule has 30 heavy (non-hydrogen) atoms. The number of hydrogen-bond donors (Lipinski definition) is 0. The lowest BCUT2D eigenvalue weighted by Gasteiger charge is -2.34. The van der Waals surface area contributed by atoms with Crippen LogP contribution < -0.4 is 5.69 Å². The molecule has 1 aliphatic heterocycles. The Labute approximate surface area is 175 Å². The first-order valence-electron chi connectivity index (χ1n) is 10.3. The van der Waals surface area contributed by atoms with Crippen molar-refractivity contribution in [1.82, 2.24) is 19.4 Å². The van der Waals surface area contributed by atoms with Crippen LogP contribution in [-0.2, 0) is 17.8 Å². The van der Waals surface area contributed by atoms with Gasteiger partial charge in [0.15, 0.2) is 0 Å². The summed E-state index contributed by atoms with van der Waals surface area (Å²) in [5, 5.41) is 0. The number of amides is 1. The highest BCUT2D eigenvalue weighted by atomic mass is 16.4. The van der Waals surface area contributed by atoms with Crippen molar-refractivity contribution in [2.75, 3.05) is 6.54 Å². The van der Waals surface area contributed by atoms with Crippen molar-refractivity contribution in [3.8, 4) is 0 Å². The van der Waals surface area contributed by atoms with Crippen molar-refractivity contribution >= 4 is 5.91 Å². The average Bonchev–Trinajstić information content (AvgIpc) is 3.19. The first kappa shape index (κ1) is 20.1. The van der Waals surface area contributed by atoms with Crippen LogP contribution in [0.1, 0.15) is 53.9 Å². The molecule has 2 aromatic heterocycles. The maximum absolute atomic E-state index is 13.1. The second-order valence-corrected chi connectivity index (χ2v) is 7.83. The number of aromatic nitrogens is 3. The van der Waals surface area contributed by atoms with Crippen molar-refractivity contribution in [3.63, 3.8) is 0 Å². The lowest BCUT2D eigenvalue weighted by atomic mass is 10.0. The molecule has 0 N–H and O–H groups in total. The number of nitrogens with zero attached hydrogens (tertiary/aromatic N) is 4. The Hall–Kier alpha value is -3.22. The Kier molecular flexibility index (Phi) is 5.79. The summed E-state index contributed by atoms with van der Waals surface area (Å²) in [6.45, 7) is 4.21. The van der Waals surface area contributed by atoms with E-state index in [-0.39, 0.29) is 18.5 Å². The molecule has 3 heterocycles. The van der Waals surface area contributed by atoms with Crippen LogP contribution >= 0.6 is 0 Å². The van der Waals surface area contributed by atoms with Crippen LogP contribution in [0.5, 0.6) is 0 Å². The molecule has 4 rings (SSSR count). The second-order valence-electron chi connectivity index (χ2n) is 7.83. The predicted octanol–water partition coefficient (Wildman–Crippen LogP) is 3.19. The van der Waals surface area contributed by atoms with E-state index in [4.69, 9.17) is 4.42 Å². The zero-order valence-electron chi connectivity index (χ0n) is 17.4. The maximum atomic E-state index is 13.1. The average molecular weight is 406 g/mol. The van der Waals surface area contributed by atoms with Crippen molar-refractivity contribution in [2.45, 2.75) is 52.1 Å². The number of piperidine rings is 1. The molecule has 156 valence electrons. The molecule has 0 unspecified atom stereocenters. The van der Waals surface area contributed by atoms with Gasteiger partial charge in [-0.25, -0.2) is 9.78 Å². The van der Waals surface area contributed by atoms with Crippen LogP contribution in [-0.4, -0.2) is 31.9 Å². The van der Waals surface area contributed by atoms with Gasteiger partial charge in [-0.05, 0) is 44.7 Å². The number of hydrogen-bond acceptors (Lipinski definition) is 5. The van der Waals surface area contributed by atoms with Gasteiger partial charge >= 0.3 is 5.69 Å². The summed E-state index contributed by atoms with van der Waals surface area (Å²) in [7, 11) is 0. The van der Waals surface area contributed by atoms with E-state index >= 15 is 0 Å². The molecule has 0 radical (unpaired) electrons. The van der Waals surface area contributed by atoms with Gasteiger partial charge in [-0.15, -0.1) is 0 Å². The summed E-state index contributed by atoms with van der Waals surface area (Å²) in [6.07, 6.45) is 5.16. The van der Waals surface area contributed by atoms with Gasteiger partial charge in [0.1, 0.15) is 18.3 Å². The fourth-order valence-electron chi connectivity index (χ4n) is 4.04. The van der Waals surface area contributed by atoms with Crippen LogP contribution in [0.15, 0.2) is 51.8 Å². The predicted molar refractivity (Wildman–Crippen MR) is 112 cm³/mol. The Bertz CT molecular complexity index is 1090. The van der Waals surface area contributed by atoms with Gasteiger partial charge in [-0.3, -0.25) is 9.36 Å². The molecule has 0 saturated carbocycles. The van der Waals surface area contributed by atoms with Crippen LogP contribution in [0, 0.1) is 13.8 Å². The molecule has 1 fully saturated rings. The van der Waals surface area contributed by atoms with E-state index in [2.05, 4.69) is 9.97 Å². The number of likely N-dealkylation sites (tertiary alicyclic amines) is 1. The highest BCUT2D eigenvalue weighted by Crippen LogP contribution is 2.31. The first-order chi connectivity index (χ1) is 14.5. The Morgan fingerprint density at radius 2 is 2.00 bits per heavy atom. The van der Waals surface area contributed by atoms with Gasteiger partial charge in [0.2, 0.25) is 11.8 Å². The Morgan fingerprint density at radius 3 is 2.77 bits per heavy atom. The summed E-state index contributed by atoms with van der Waals surface area (Å²) in [6, 6.07) is 11.7. The number of benzene rings is 1. The minimum atomic E-state index is -0.393. The summed E-state index contributed by atoms with van der Waals surface area (Å²) < 4.78 is 7.46. The quantitative estimate of drug-likeness (QED) is 0.650. The van der Waals surface area contributed by atoms with Gasteiger partial charge in [-0.1, -0.05) is 30.3 Å². The number of carbonyl (C=O) groups is 1. The molecule has 3 aromatic rings. The van der Waals surface area contributed by atoms with Crippen molar-refractivity contribution < 1.29 is 9.21 Å². The molecular weight excluding hydrogens is 380 g/mol. The van der Waals surface area contributed by atoms with E-state index < -0.39 is 5.69 Å². The normalized spacial score (nSPS) is 16.6. The minimum absolute atomic E-state index is 0.0218. The van der Waals surface area contributed by atoms with Gasteiger partial charge in [0, 0.05) is 24.4 Å². The van der Waals surface area contributed by atoms with E-state index in [0.717, 1.165) is 36.3 Å². The van der Waals surface area contributed by atoms with Gasteiger partial charge < -0.3 is 9.32 Å². The second kappa shape index (κ2) is 8.65. The highest BCUT2D eigenvalue weighted by molar-refractivity contribution is 5.76. The van der Waals surface area contributed by atoms with Crippen LogP contribution in [0.2, 0.25) is 0 Å². The fourth-order valence-corrected chi connectivity index (χ4v) is 4.04. The van der Waals surface area contributed by atoms with E-state index in [1.807, 2.05) is 43.3 Å². The first-order valence-corrected chi connectivity index (χ1v) is 10.3. The summed E-state index contributed by atoms with van der Waals surface area (Å²) >= 11 is 0. The number of rotatable bonds is 5. The third-order valence-corrected chi connectivity index (χ3v) is 5.54. The molecule has 0 aliphatic carbocycles. The fraction of sp³-hybridized carbons (Fsp3) is 0.391. The molecule has 0 spiro atoms. The van der Waals surface area contributed by atoms with E-state index in [9.17, 15) is 9.59 Å². The third kappa shape index (κ3) is 4.35. The largest absolute Gasteiger partial charge is 0.443 e. The zero-order valence-corrected chi connectivity index (χ0v) is 17.4. The third-order valence-electron chi connectivity index (χ3n) is 5.54. The lowest BCUT2D eigenvalue weighted by molar-refractivity contribution is -0.136. The molecular formula is C23H26N4O3. The molecule has 7 nitrogen and oxygen atoms in total. The van der Waals surface area contributed by atoms with Gasteiger partial charge in [-0.2, -0.15) is 4.98 Å². The van der Waals surface area contributed by atoms with E-state index in [0.29, 0.717) is 24.6 Å². The van der Waals surface area contributed by atoms with Gasteiger partial charge in [0.05, 0.1) is 6.20 Å². The Morgan fingerprint density at radius 1 is 1.20 bits per heavy atom.